The number of hydrogen-bond acceptors (Lipinski definition) is 3. The monoisotopic (exact) mass is 370 g/mol. The normalized spacial score (nSPS) is 11.9. The van der Waals surface area contributed by atoms with Crippen LogP contribution in [0.15, 0.2) is 41.6 Å². The average molecular weight is 371 g/mol. The first-order chi connectivity index (χ1) is 10.1. The molecular weight excluding hydrogens is 352 g/mol. The maximum absolute atomic E-state index is 12.4. The molecule has 0 saturated carbocycles. The quantitative estimate of drug-likeness (QED) is 0.571. The zero-order chi connectivity index (χ0) is 15.1. The van der Waals surface area contributed by atoms with Crippen LogP contribution in [0.1, 0.15) is 25.7 Å². The molecule has 0 unspecified atom stereocenters. The Balaban J connectivity index is 2.05. The minimum absolute atomic E-state index is 0.322. The molecule has 0 amide bonds. The van der Waals surface area contributed by atoms with E-state index >= 15 is 0 Å². The summed E-state index contributed by atoms with van der Waals surface area (Å²) < 4.78 is 27.5. The van der Waals surface area contributed by atoms with E-state index in [2.05, 4.69) is 25.6 Å². The Bertz CT molecular complexity index is 684. The van der Waals surface area contributed by atoms with E-state index in [1.807, 2.05) is 6.07 Å². The van der Waals surface area contributed by atoms with E-state index in [0.717, 1.165) is 36.4 Å². The van der Waals surface area contributed by atoms with Gasteiger partial charge in [0.2, 0.25) is 10.0 Å². The highest BCUT2D eigenvalue weighted by Gasteiger charge is 2.16. The summed E-state index contributed by atoms with van der Waals surface area (Å²) in [6.07, 6.45) is 7.43. The molecule has 0 spiro atoms. The first-order valence-electron chi connectivity index (χ1n) is 7.03. The smallest absolute Gasteiger partial charge is 0.241 e. The summed E-state index contributed by atoms with van der Waals surface area (Å²) in [7, 11) is -3.47. The molecule has 0 saturated heterocycles. The molecule has 1 N–H and O–H groups in total. The second-order valence-corrected chi connectivity index (χ2v) is 7.38. The summed E-state index contributed by atoms with van der Waals surface area (Å²) in [5.41, 5.74) is 0. The molecule has 6 heteroatoms. The number of pyridine rings is 1. The lowest BCUT2D eigenvalue weighted by molar-refractivity contribution is 0.575. The highest BCUT2D eigenvalue weighted by Crippen LogP contribution is 2.21. The van der Waals surface area contributed by atoms with Crippen molar-refractivity contribution in [1.82, 2.24) is 9.71 Å². The number of halogens is 1. The molecule has 0 fully saturated rings. The minimum Gasteiger partial charge on any atom is -0.264 e. The molecule has 2 aromatic rings. The van der Waals surface area contributed by atoms with Crippen LogP contribution in [-0.4, -0.2) is 25.3 Å². The van der Waals surface area contributed by atoms with Crippen molar-refractivity contribution >= 4 is 36.7 Å². The predicted molar refractivity (Wildman–Crippen MR) is 89.2 cm³/mol. The van der Waals surface area contributed by atoms with E-state index in [0.29, 0.717) is 16.8 Å². The fourth-order valence-corrected chi connectivity index (χ4v) is 3.88. The van der Waals surface area contributed by atoms with Gasteiger partial charge in [-0.15, -0.1) is 0 Å². The van der Waals surface area contributed by atoms with E-state index in [4.69, 9.17) is 0 Å². The lowest BCUT2D eigenvalue weighted by Crippen LogP contribution is -2.25. The van der Waals surface area contributed by atoms with Crippen molar-refractivity contribution in [1.29, 1.82) is 0 Å². The van der Waals surface area contributed by atoms with Crippen LogP contribution in [0.5, 0.6) is 0 Å². The maximum Gasteiger partial charge on any atom is 0.241 e. The number of aromatic nitrogens is 1. The van der Waals surface area contributed by atoms with Crippen molar-refractivity contribution in [3.63, 3.8) is 0 Å². The van der Waals surface area contributed by atoms with Gasteiger partial charge in [0.15, 0.2) is 0 Å². The fourth-order valence-electron chi connectivity index (χ4n) is 2.18. The summed E-state index contributed by atoms with van der Waals surface area (Å²) in [6.45, 7) is 0.478. The number of sulfonamides is 1. The van der Waals surface area contributed by atoms with Crippen LogP contribution < -0.4 is 4.72 Å². The van der Waals surface area contributed by atoms with Crippen LogP contribution in [0, 0.1) is 0 Å². The van der Waals surface area contributed by atoms with Gasteiger partial charge in [-0.1, -0.05) is 40.9 Å². The number of benzene rings is 1. The van der Waals surface area contributed by atoms with Crippen LogP contribution in [0.4, 0.5) is 0 Å². The molecule has 1 aromatic carbocycles. The molecule has 0 aliphatic heterocycles. The van der Waals surface area contributed by atoms with Gasteiger partial charge in [-0.05, 0) is 25.0 Å². The van der Waals surface area contributed by atoms with E-state index in [1.54, 1.807) is 30.6 Å². The molecule has 0 bridgehead atoms. The number of hydrogen-bond donors (Lipinski definition) is 1. The Hall–Kier alpha value is -0.980. The van der Waals surface area contributed by atoms with E-state index in [1.165, 1.54) is 0 Å². The van der Waals surface area contributed by atoms with Crippen molar-refractivity contribution in [3.8, 4) is 0 Å². The number of nitrogens with one attached hydrogen (secondary N) is 1. The zero-order valence-corrected chi connectivity index (χ0v) is 14.2. The summed E-state index contributed by atoms with van der Waals surface area (Å²) in [6, 6.07) is 6.98. The van der Waals surface area contributed by atoms with Gasteiger partial charge < -0.3 is 0 Å². The van der Waals surface area contributed by atoms with Crippen molar-refractivity contribution in [3.05, 3.63) is 36.7 Å². The molecule has 114 valence electrons. The Morgan fingerprint density at radius 1 is 1.10 bits per heavy atom. The average Bonchev–Trinajstić information content (AvgIpc) is 2.50. The third-order valence-electron chi connectivity index (χ3n) is 3.28. The molecule has 0 aliphatic carbocycles. The third-order valence-corrected chi connectivity index (χ3v) is 5.36. The molecule has 1 aromatic heterocycles. The largest absolute Gasteiger partial charge is 0.264 e. The number of fused-ring (bicyclic) bond motifs is 1. The lowest BCUT2D eigenvalue weighted by Gasteiger charge is -2.09. The van der Waals surface area contributed by atoms with Gasteiger partial charge in [-0.2, -0.15) is 0 Å². The second-order valence-electron chi connectivity index (χ2n) is 4.85. The van der Waals surface area contributed by atoms with E-state index in [9.17, 15) is 8.42 Å². The molecular formula is C15H19BrN2O2S. The van der Waals surface area contributed by atoms with Crippen LogP contribution in [-0.2, 0) is 10.0 Å². The highest BCUT2D eigenvalue weighted by atomic mass is 79.9. The van der Waals surface area contributed by atoms with Crippen molar-refractivity contribution < 1.29 is 8.42 Å². The summed E-state index contributed by atoms with van der Waals surface area (Å²) in [5, 5.41) is 2.54. The highest BCUT2D eigenvalue weighted by molar-refractivity contribution is 9.09. The molecule has 4 nitrogen and oxygen atoms in total. The molecule has 2 rings (SSSR count). The van der Waals surface area contributed by atoms with Gasteiger partial charge in [-0.3, -0.25) is 4.98 Å². The Labute approximate surface area is 134 Å². The number of alkyl halides is 1. The number of rotatable bonds is 8. The number of unbranched alkanes of at least 4 members (excludes halogenated alkanes) is 3. The van der Waals surface area contributed by atoms with Crippen LogP contribution in [0.25, 0.3) is 10.8 Å². The van der Waals surface area contributed by atoms with Gasteiger partial charge in [0.05, 0.1) is 4.90 Å². The van der Waals surface area contributed by atoms with Gasteiger partial charge >= 0.3 is 0 Å². The third kappa shape index (κ3) is 4.49. The Morgan fingerprint density at radius 3 is 2.71 bits per heavy atom. The first-order valence-corrected chi connectivity index (χ1v) is 9.64. The summed E-state index contributed by atoms with van der Waals surface area (Å²) >= 11 is 3.39. The molecule has 0 atom stereocenters. The van der Waals surface area contributed by atoms with E-state index < -0.39 is 10.0 Å². The Morgan fingerprint density at radius 2 is 1.90 bits per heavy atom. The molecule has 0 aliphatic rings. The first kappa shape index (κ1) is 16.4. The van der Waals surface area contributed by atoms with Crippen LogP contribution >= 0.6 is 15.9 Å². The number of nitrogens with zero attached hydrogens (tertiary/aromatic N) is 1. The zero-order valence-electron chi connectivity index (χ0n) is 11.8. The molecule has 1 heterocycles. The maximum atomic E-state index is 12.4. The fraction of sp³-hybridized carbons (Fsp3) is 0.400. The van der Waals surface area contributed by atoms with Crippen LogP contribution in [0.3, 0.4) is 0 Å². The van der Waals surface area contributed by atoms with Crippen molar-refractivity contribution in [2.24, 2.45) is 0 Å². The lowest BCUT2D eigenvalue weighted by atomic mass is 10.2. The second kappa shape index (κ2) is 7.87. The topological polar surface area (TPSA) is 59.1 Å². The van der Waals surface area contributed by atoms with E-state index in [-0.39, 0.29) is 0 Å². The van der Waals surface area contributed by atoms with Crippen LogP contribution in [0.2, 0.25) is 0 Å². The molecule has 21 heavy (non-hydrogen) atoms. The van der Waals surface area contributed by atoms with Gasteiger partial charge in [-0.25, -0.2) is 13.1 Å². The van der Waals surface area contributed by atoms with Crippen molar-refractivity contribution in [2.75, 3.05) is 11.9 Å². The van der Waals surface area contributed by atoms with Gasteiger partial charge in [0.1, 0.15) is 0 Å². The standard InChI is InChI=1S/C15H19BrN2O2S/c16-9-3-1-2-4-10-18-21(19,20)15-7-5-6-13-12-17-11-8-14(13)15/h5-8,11-12,18H,1-4,9-10H2. The summed E-state index contributed by atoms with van der Waals surface area (Å²) in [5.74, 6) is 0. The predicted octanol–water partition coefficient (Wildman–Crippen LogP) is 3.47. The molecule has 0 radical (unpaired) electrons. The Kier molecular flexibility index (Phi) is 6.14. The minimum atomic E-state index is -3.47. The van der Waals surface area contributed by atoms with Gasteiger partial charge in [0.25, 0.3) is 0 Å². The SMILES string of the molecule is O=S(=O)(NCCCCCCBr)c1cccc2cnccc12. The van der Waals surface area contributed by atoms with Crippen molar-refractivity contribution in [2.45, 2.75) is 30.6 Å². The summed E-state index contributed by atoms with van der Waals surface area (Å²) in [4.78, 5) is 4.34. The van der Waals surface area contributed by atoms with Gasteiger partial charge in [0, 0.05) is 35.0 Å².